The summed E-state index contributed by atoms with van der Waals surface area (Å²) in [5, 5.41) is 26.1. The first-order valence-electron chi connectivity index (χ1n) is 10.7. The Morgan fingerprint density at radius 3 is 3.00 bits per heavy atom. The number of aliphatic hydroxyl groups excluding tert-OH is 1. The first-order chi connectivity index (χ1) is 16.0. The van der Waals surface area contributed by atoms with Crippen molar-refractivity contribution in [2.75, 3.05) is 37.5 Å². The Morgan fingerprint density at radius 1 is 1.33 bits per heavy atom. The van der Waals surface area contributed by atoms with E-state index in [4.69, 9.17) is 9.47 Å². The third-order valence-corrected chi connectivity index (χ3v) is 6.20. The fourth-order valence-corrected chi connectivity index (χ4v) is 4.28. The van der Waals surface area contributed by atoms with Crippen molar-refractivity contribution in [2.24, 2.45) is 0 Å². The van der Waals surface area contributed by atoms with E-state index in [0.29, 0.717) is 48.5 Å². The zero-order valence-electron chi connectivity index (χ0n) is 18.5. The van der Waals surface area contributed by atoms with Crippen LogP contribution < -0.4 is 15.4 Å². The summed E-state index contributed by atoms with van der Waals surface area (Å²) in [6, 6.07) is 9.80. The molecule has 0 aliphatic carbocycles. The topological polar surface area (TPSA) is 125 Å². The fraction of sp³-hybridized carbons (Fsp3) is 0.333. The Labute approximate surface area is 191 Å². The van der Waals surface area contributed by atoms with Gasteiger partial charge >= 0.3 is 0 Å². The van der Waals surface area contributed by atoms with Crippen LogP contribution in [0.2, 0.25) is 0 Å². The third-order valence-electron chi connectivity index (χ3n) is 6.20. The largest absolute Gasteiger partial charge is 0.480 e. The number of anilines is 3. The van der Waals surface area contributed by atoms with Crippen LogP contribution in [0.1, 0.15) is 29.3 Å². The standard InChI is InChI=1S/C24H24N6O3/c1-24(13-31)12-27-21-15(10-25)7-14(8-17(21)24)18-3-5-26-23(29-18)30-20-9-16-11-33-6-4-19(16)28-22(20)32-2/h3,5,7-9,27,31H,4,6,11-13H2,1-2H3,(H,26,29,30)/t24-/m1/s1. The molecule has 9 heteroatoms. The van der Waals surface area contributed by atoms with Crippen LogP contribution in [0.3, 0.4) is 0 Å². The molecule has 3 aromatic rings. The molecule has 1 atom stereocenters. The first kappa shape index (κ1) is 21.1. The molecule has 1 aromatic carbocycles. The van der Waals surface area contributed by atoms with E-state index in [-0.39, 0.29) is 6.61 Å². The van der Waals surface area contributed by atoms with Gasteiger partial charge in [0, 0.05) is 35.7 Å². The molecule has 2 aliphatic heterocycles. The number of benzene rings is 1. The predicted octanol–water partition coefficient (Wildman–Crippen LogP) is 2.91. The fourth-order valence-electron chi connectivity index (χ4n) is 4.28. The van der Waals surface area contributed by atoms with Gasteiger partial charge in [0.15, 0.2) is 0 Å². The van der Waals surface area contributed by atoms with Gasteiger partial charge in [0.2, 0.25) is 11.8 Å². The van der Waals surface area contributed by atoms with Crippen molar-refractivity contribution in [1.29, 1.82) is 5.26 Å². The van der Waals surface area contributed by atoms with Gasteiger partial charge in [-0.15, -0.1) is 0 Å². The lowest BCUT2D eigenvalue weighted by molar-refractivity contribution is 0.109. The molecule has 9 nitrogen and oxygen atoms in total. The normalized spacial score (nSPS) is 18.6. The summed E-state index contributed by atoms with van der Waals surface area (Å²) in [7, 11) is 1.58. The van der Waals surface area contributed by atoms with E-state index in [1.54, 1.807) is 25.4 Å². The molecule has 0 radical (unpaired) electrons. The molecule has 0 fully saturated rings. The molecule has 3 N–H and O–H groups in total. The maximum Gasteiger partial charge on any atom is 0.237 e. The Morgan fingerprint density at radius 2 is 2.21 bits per heavy atom. The maximum atomic E-state index is 9.95. The smallest absolute Gasteiger partial charge is 0.237 e. The summed E-state index contributed by atoms with van der Waals surface area (Å²) in [4.78, 5) is 13.6. The van der Waals surface area contributed by atoms with Crippen LogP contribution >= 0.6 is 0 Å². The predicted molar refractivity (Wildman–Crippen MR) is 123 cm³/mol. The lowest BCUT2D eigenvalue weighted by atomic mass is 9.83. The summed E-state index contributed by atoms with van der Waals surface area (Å²) in [6.45, 7) is 3.68. The molecule has 5 rings (SSSR count). The number of hydrogen-bond acceptors (Lipinski definition) is 9. The first-order valence-corrected chi connectivity index (χ1v) is 10.7. The van der Waals surface area contributed by atoms with Crippen molar-refractivity contribution < 1.29 is 14.6 Å². The number of nitrogens with one attached hydrogen (secondary N) is 2. The highest BCUT2D eigenvalue weighted by Crippen LogP contribution is 2.41. The molecular formula is C24H24N6O3. The number of aliphatic hydroxyl groups is 1. The van der Waals surface area contributed by atoms with E-state index in [1.807, 2.05) is 19.1 Å². The SMILES string of the molecule is COc1nc2c(cc1Nc1nccc(-c3cc(C#N)c4c(c3)[C@@](C)(CO)CN4)n1)COCC2. The lowest BCUT2D eigenvalue weighted by Gasteiger charge is -2.21. The number of methoxy groups -OCH3 is 1. The number of ether oxygens (including phenoxy) is 2. The van der Waals surface area contributed by atoms with Crippen molar-refractivity contribution in [3.8, 4) is 23.2 Å². The number of hydrogen-bond donors (Lipinski definition) is 3. The second-order valence-electron chi connectivity index (χ2n) is 8.47. The van der Waals surface area contributed by atoms with Gasteiger partial charge in [-0.05, 0) is 29.8 Å². The summed E-state index contributed by atoms with van der Waals surface area (Å²) in [5.74, 6) is 0.852. The van der Waals surface area contributed by atoms with Crippen LogP contribution in [0, 0.1) is 11.3 Å². The minimum atomic E-state index is -0.463. The summed E-state index contributed by atoms with van der Waals surface area (Å²) in [6.07, 6.45) is 2.41. The monoisotopic (exact) mass is 444 g/mol. The van der Waals surface area contributed by atoms with E-state index in [2.05, 4.69) is 31.7 Å². The number of aromatic nitrogens is 3. The summed E-state index contributed by atoms with van der Waals surface area (Å²) < 4.78 is 11.0. The molecule has 0 spiro atoms. The Kier molecular flexibility index (Phi) is 5.32. The van der Waals surface area contributed by atoms with Crippen LogP contribution in [-0.4, -0.2) is 46.9 Å². The molecule has 0 unspecified atom stereocenters. The molecule has 168 valence electrons. The van der Waals surface area contributed by atoms with Crippen LogP contribution in [0.5, 0.6) is 5.88 Å². The lowest BCUT2D eigenvalue weighted by Crippen LogP contribution is -2.28. The molecule has 2 aliphatic rings. The molecule has 0 bridgehead atoms. The minimum Gasteiger partial charge on any atom is -0.480 e. The van der Waals surface area contributed by atoms with Gasteiger partial charge in [-0.1, -0.05) is 6.92 Å². The van der Waals surface area contributed by atoms with Crippen molar-refractivity contribution in [3.05, 3.63) is 52.8 Å². The second-order valence-corrected chi connectivity index (χ2v) is 8.47. The maximum absolute atomic E-state index is 9.95. The molecule has 0 saturated carbocycles. The molecule has 33 heavy (non-hydrogen) atoms. The zero-order valence-corrected chi connectivity index (χ0v) is 18.5. The van der Waals surface area contributed by atoms with Gasteiger partial charge in [0.1, 0.15) is 11.8 Å². The molecular weight excluding hydrogens is 420 g/mol. The molecule has 2 aromatic heterocycles. The van der Waals surface area contributed by atoms with E-state index in [1.165, 1.54) is 0 Å². The van der Waals surface area contributed by atoms with Gasteiger partial charge in [0.05, 0.1) is 49.6 Å². The highest BCUT2D eigenvalue weighted by molar-refractivity contribution is 5.76. The van der Waals surface area contributed by atoms with Crippen LogP contribution in [0.4, 0.5) is 17.3 Å². The Balaban J connectivity index is 1.52. The van der Waals surface area contributed by atoms with Gasteiger partial charge in [0.25, 0.3) is 0 Å². The summed E-state index contributed by atoms with van der Waals surface area (Å²) >= 11 is 0. The zero-order chi connectivity index (χ0) is 23.0. The van der Waals surface area contributed by atoms with Crippen LogP contribution in [-0.2, 0) is 23.2 Å². The molecule has 0 amide bonds. The van der Waals surface area contributed by atoms with Gasteiger partial charge in [-0.2, -0.15) is 5.26 Å². The highest BCUT2D eigenvalue weighted by Gasteiger charge is 2.36. The van der Waals surface area contributed by atoms with Crippen LogP contribution in [0.25, 0.3) is 11.3 Å². The van der Waals surface area contributed by atoms with Crippen molar-refractivity contribution in [3.63, 3.8) is 0 Å². The highest BCUT2D eigenvalue weighted by atomic mass is 16.5. The third kappa shape index (κ3) is 3.73. The average molecular weight is 444 g/mol. The number of fused-ring (bicyclic) bond motifs is 2. The van der Waals surface area contributed by atoms with Crippen LogP contribution in [0.15, 0.2) is 30.5 Å². The number of rotatable bonds is 5. The number of nitriles is 1. The van der Waals surface area contributed by atoms with Crippen molar-refractivity contribution in [1.82, 2.24) is 15.0 Å². The number of nitrogens with zero attached hydrogens (tertiary/aromatic N) is 4. The average Bonchev–Trinajstić information content (AvgIpc) is 3.20. The number of pyridine rings is 1. The van der Waals surface area contributed by atoms with Gasteiger partial charge < -0.3 is 25.2 Å². The Bertz CT molecular complexity index is 1270. The van der Waals surface area contributed by atoms with Gasteiger partial charge in [-0.3, -0.25) is 0 Å². The molecule has 4 heterocycles. The van der Waals surface area contributed by atoms with E-state index < -0.39 is 5.41 Å². The van der Waals surface area contributed by atoms with Crippen molar-refractivity contribution in [2.45, 2.75) is 25.4 Å². The summed E-state index contributed by atoms with van der Waals surface area (Å²) in [5.41, 5.74) is 5.82. The molecule has 0 saturated heterocycles. The van der Waals surface area contributed by atoms with E-state index in [0.717, 1.165) is 34.5 Å². The quantitative estimate of drug-likeness (QED) is 0.544. The van der Waals surface area contributed by atoms with E-state index >= 15 is 0 Å². The second kappa shape index (κ2) is 8.31. The van der Waals surface area contributed by atoms with Crippen molar-refractivity contribution >= 4 is 17.3 Å². The van der Waals surface area contributed by atoms with E-state index in [9.17, 15) is 10.4 Å². The van der Waals surface area contributed by atoms with Gasteiger partial charge in [-0.25, -0.2) is 15.0 Å². The minimum absolute atomic E-state index is 0.0211. The Hall–Kier alpha value is -3.74.